The van der Waals surface area contributed by atoms with Gasteiger partial charge in [-0.3, -0.25) is 4.79 Å². The van der Waals surface area contributed by atoms with Gasteiger partial charge >= 0.3 is 5.97 Å². The lowest BCUT2D eigenvalue weighted by Crippen LogP contribution is -2.19. The highest BCUT2D eigenvalue weighted by Crippen LogP contribution is 2.33. The third-order valence-corrected chi connectivity index (χ3v) is 6.79. The van der Waals surface area contributed by atoms with E-state index < -0.39 is 17.7 Å². The average molecular weight is 625 g/mol. The lowest BCUT2D eigenvalue weighted by atomic mass is 10.0. The van der Waals surface area contributed by atoms with E-state index in [2.05, 4.69) is 31.4 Å². The summed E-state index contributed by atoms with van der Waals surface area (Å²) >= 11 is 15.4. The number of fused-ring (bicyclic) bond motifs is 1. The van der Waals surface area contributed by atoms with Crippen LogP contribution in [0, 0.1) is 5.82 Å². The molecular formula is C29H17BrCl2FN3O3. The maximum absolute atomic E-state index is 14.1. The second-order valence-corrected chi connectivity index (χ2v) is 10.1. The second-order valence-electron chi connectivity index (χ2n) is 8.33. The quantitative estimate of drug-likeness (QED) is 0.0868. The van der Waals surface area contributed by atoms with Crippen LogP contribution in [0.25, 0.3) is 22.0 Å². The van der Waals surface area contributed by atoms with Gasteiger partial charge in [-0.25, -0.2) is 14.6 Å². The molecule has 5 aromatic rings. The van der Waals surface area contributed by atoms with E-state index in [0.29, 0.717) is 31.5 Å². The Bertz CT molecular complexity index is 1760. The molecular weight excluding hydrogens is 608 g/mol. The van der Waals surface area contributed by atoms with Crippen molar-refractivity contribution in [3.8, 4) is 16.9 Å². The smallest absolute Gasteiger partial charge is 0.345 e. The Labute approximate surface area is 240 Å². The van der Waals surface area contributed by atoms with Crippen LogP contribution < -0.4 is 10.2 Å². The lowest BCUT2D eigenvalue weighted by Gasteiger charge is -2.09. The molecule has 0 radical (unpaired) electrons. The Kier molecular flexibility index (Phi) is 7.79. The SMILES string of the molecule is O=C(Oc1ccc(Br)cc1C=NNC(=O)c1[nH]c2ccc(F)cc2c1-c1ccccc1)c1ccc(Cl)cc1Cl. The number of amides is 1. The highest BCUT2D eigenvalue weighted by Gasteiger charge is 2.20. The van der Waals surface area contributed by atoms with Gasteiger partial charge in [-0.1, -0.05) is 69.5 Å². The van der Waals surface area contributed by atoms with E-state index >= 15 is 0 Å². The number of H-pyrrole nitrogens is 1. The third kappa shape index (κ3) is 5.88. The van der Waals surface area contributed by atoms with Gasteiger partial charge in [-0.2, -0.15) is 5.10 Å². The molecule has 1 amide bonds. The van der Waals surface area contributed by atoms with Crippen molar-refractivity contribution in [2.24, 2.45) is 5.10 Å². The van der Waals surface area contributed by atoms with Crippen molar-refractivity contribution >= 4 is 68.1 Å². The monoisotopic (exact) mass is 623 g/mol. The number of esters is 1. The molecule has 10 heteroatoms. The molecule has 0 spiro atoms. The van der Waals surface area contributed by atoms with E-state index in [0.717, 1.165) is 5.56 Å². The molecule has 6 nitrogen and oxygen atoms in total. The average Bonchev–Trinajstić information content (AvgIpc) is 3.29. The normalized spacial score (nSPS) is 11.2. The van der Waals surface area contributed by atoms with Crippen molar-refractivity contribution in [2.45, 2.75) is 0 Å². The molecule has 39 heavy (non-hydrogen) atoms. The van der Waals surface area contributed by atoms with Crippen molar-refractivity contribution in [1.29, 1.82) is 0 Å². The van der Waals surface area contributed by atoms with Gasteiger partial charge in [0.15, 0.2) is 0 Å². The molecule has 0 unspecified atom stereocenters. The Morgan fingerprint density at radius 1 is 0.974 bits per heavy atom. The summed E-state index contributed by atoms with van der Waals surface area (Å²) in [6.45, 7) is 0. The molecule has 1 aromatic heterocycles. The fourth-order valence-corrected chi connectivity index (χ4v) is 4.84. The first kappa shape index (κ1) is 26.6. The number of hydrogen-bond acceptors (Lipinski definition) is 4. The van der Waals surface area contributed by atoms with Gasteiger partial charge < -0.3 is 9.72 Å². The molecule has 0 aliphatic carbocycles. The van der Waals surface area contributed by atoms with Crippen molar-refractivity contribution in [3.63, 3.8) is 0 Å². The van der Waals surface area contributed by atoms with E-state index in [1.54, 1.807) is 24.3 Å². The van der Waals surface area contributed by atoms with Gasteiger partial charge in [0.25, 0.3) is 5.91 Å². The maximum Gasteiger partial charge on any atom is 0.345 e. The highest BCUT2D eigenvalue weighted by atomic mass is 79.9. The van der Waals surface area contributed by atoms with Gasteiger partial charge in [-0.15, -0.1) is 0 Å². The largest absolute Gasteiger partial charge is 0.422 e. The number of benzene rings is 4. The number of halogens is 4. The summed E-state index contributed by atoms with van der Waals surface area (Å²) in [5, 5.41) is 5.18. The van der Waals surface area contributed by atoms with E-state index in [1.807, 2.05) is 30.3 Å². The van der Waals surface area contributed by atoms with Crippen LogP contribution in [-0.2, 0) is 0 Å². The Morgan fingerprint density at radius 3 is 2.54 bits per heavy atom. The predicted octanol–water partition coefficient (Wildman–Crippen LogP) is 8.03. The number of rotatable bonds is 6. The third-order valence-electron chi connectivity index (χ3n) is 5.75. The van der Waals surface area contributed by atoms with E-state index in [-0.39, 0.29) is 22.0 Å². The molecule has 4 aromatic carbocycles. The number of aromatic nitrogens is 1. The summed E-state index contributed by atoms with van der Waals surface area (Å²) in [6.07, 6.45) is 1.35. The number of carbonyl (C=O) groups excluding carboxylic acids is 2. The number of hydrazone groups is 1. The Hall–Kier alpha value is -3.98. The minimum absolute atomic E-state index is 0.142. The summed E-state index contributed by atoms with van der Waals surface area (Å²) in [6, 6.07) is 22.9. The highest BCUT2D eigenvalue weighted by molar-refractivity contribution is 9.10. The van der Waals surface area contributed by atoms with Crippen molar-refractivity contribution in [3.05, 3.63) is 122 Å². The molecule has 0 saturated carbocycles. The zero-order valence-corrected chi connectivity index (χ0v) is 22.9. The fraction of sp³-hybridized carbons (Fsp3) is 0. The first-order valence-corrected chi connectivity index (χ1v) is 13.0. The Morgan fingerprint density at radius 2 is 1.77 bits per heavy atom. The van der Waals surface area contributed by atoms with Gasteiger partial charge in [0.2, 0.25) is 0 Å². The molecule has 0 atom stereocenters. The van der Waals surface area contributed by atoms with Crippen molar-refractivity contribution in [1.82, 2.24) is 10.4 Å². The number of hydrogen-bond donors (Lipinski definition) is 2. The fourth-order valence-electron chi connectivity index (χ4n) is 3.98. The summed E-state index contributed by atoms with van der Waals surface area (Å²) in [5.74, 6) is -1.45. The minimum Gasteiger partial charge on any atom is -0.422 e. The Balaban J connectivity index is 1.41. The standard InChI is InChI=1S/C29H17BrCl2FN3O3/c30-18-6-11-25(39-29(38)21-9-7-19(31)13-23(21)32)17(12-18)15-34-36-28(37)27-26(16-4-2-1-3-5-16)22-14-20(33)8-10-24(22)35-27/h1-15,35H,(H,36,37). The molecule has 0 bridgehead atoms. The number of nitrogens with one attached hydrogen (secondary N) is 2. The molecule has 194 valence electrons. The van der Waals surface area contributed by atoms with Crippen LogP contribution in [0.4, 0.5) is 4.39 Å². The first-order valence-electron chi connectivity index (χ1n) is 11.5. The van der Waals surface area contributed by atoms with Crippen LogP contribution in [0.15, 0.2) is 94.5 Å². The topological polar surface area (TPSA) is 83.5 Å². The number of nitrogens with zero attached hydrogens (tertiary/aromatic N) is 1. The summed E-state index contributed by atoms with van der Waals surface area (Å²) in [5.41, 5.74) is 5.16. The summed E-state index contributed by atoms with van der Waals surface area (Å²) in [7, 11) is 0. The number of ether oxygens (including phenoxy) is 1. The lowest BCUT2D eigenvalue weighted by molar-refractivity contribution is 0.0734. The summed E-state index contributed by atoms with van der Waals surface area (Å²) in [4.78, 5) is 29.0. The minimum atomic E-state index is -0.685. The van der Waals surface area contributed by atoms with Crippen molar-refractivity contribution < 1.29 is 18.7 Å². The molecule has 0 aliphatic rings. The van der Waals surface area contributed by atoms with Crippen LogP contribution in [0.1, 0.15) is 26.4 Å². The van der Waals surface area contributed by atoms with E-state index in [1.165, 1.54) is 36.5 Å². The van der Waals surface area contributed by atoms with E-state index in [9.17, 15) is 14.0 Å². The second kappa shape index (κ2) is 11.4. The molecule has 2 N–H and O–H groups in total. The van der Waals surface area contributed by atoms with Crippen LogP contribution >= 0.6 is 39.1 Å². The van der Waals surface area contributed by atoms with Crippen LogP contribution in [0.5, 0.6) is 5.75 Å². The van der Waals surface area contributed by atoms with Gasteiger partial charge in [0.05, 0.1) is 16.8 Å². The van der Waals surface area contributed by atoms with Gasteiger partial charge in [-0.05, 0) is 60.2 Å². The van der Waals surface area contributed by atoms with Crippen molar-refractivity contribution in [2.75, 3.05) is 0 Å². The molecule has 0 fully saturated rings. The number of aromatic amines is 1. The van der Waals surface area contributed by atoms with Gasteiger partial charge in [0, 0.05) is 31.5 Å². The maximum atomic E-state index is 14.1. The number of carbonyl (C=O) groups is 2. The van der Waals surface area contributed by atoms with Crippen LogP contribution in [-0.4, -0.2) is 23.1 Å². The summed E-state index contributed by atoms with van der Waals surface area (Å²) < 4.78 is 20.3. The van der Waals surface area contributed by atoms with Gasteiger partial charge in [0.1, 0.15) is 17.3 Å². The van der Waals surface area contributed by atoms with Crippen LogP contribution in [0.3, 0.4) is 0 Å². The zero-order valence-electron chi connectivity index (χ0n) is 19.8. The molecule has 0 aliphatic heterocycles. The van der Waals surface area contributed by atoms with E-state index in [4.69, 9.17) is 27.9 Å². The molecule has 1 heterocycles. The predicted molar refractivity (Wildman–Crippen MR) is 154 cm³/mol. The molecule has 0 saturated heterocycles. The first-order chi connectivity index (χ1) is 18.8. The zero-order chi connectivity index (χ0) is 27.5. The molecule has 5 rings (SSSR count). The van der Waals surface area contributed by atoms with Crippen LogP contribution in [0.2, 0.25) is 10.0 Å².